The van der Waals surface area contributed by atoms with Gasteiger partial charge in [0.2, 0.25) is 0 Å². The number of thiophene rings is 1. The van der Waals surface area contributed by atoms with Crippen LogP contribution in [0.4, 0.5) is 11.5 Å². The lowest BCUT2D eigenvalue weighted by Crippen LogP contribution is -2.05. The van der Waals surface area contributed by atoms with Crippen molar-refractivity contribution in [1.29, 1.82) is 0 Å². The number of hydrogen-bond acceptors (Lipinski definition) is 7. The van der Waals surface area contributed by atoms with E-state index in [2.05, 4.69) is 15.3 Å². The third-order valence-electron chi connectivity index (χ3n) is 3.60. The lowest BCUT2D eigenvalue weighted by molar-refractivity contribution is 0.0529. The second-order valence-corrected chi connectivity index (χ2v) is 6.46. The van der Waals surface area contributed by atoms with Gasteiger partial charge in [0.1, 0.15) is 22.7 Å². The van der Waals surface area contributed by atoms with Crippen molar-refractivity contribution < 1.29 is 14.3 Å². The fourth-order valence-corrected chi connectivity index (χ4v) is 3.42. The standard InChI is InChI=1S/C17H16ClN3O3S/c1-4-24-17(22)10-7-25-16-14(10)15(19-8-20-16)21-12-5-9(2)11(18)6-13(12)23-3/h5-8H,4H2,1-3H3,(H,19,20,21). The van der Waals surface area contributed by atoms with Crippen molar-refractivity contribution in [2.45, 2.75) is 13.8 Å². The molecular weight excluding hydrogens is 362 g/mol. The van der Waals surface area contributed by atoms with Crippen molar-refractivity contribution in [3.63, 3.8) is 0 Å². The van der Waals surface area contributed by atoms with Gasteiger partial charge in [0.05, 0.1) is 30.4 Å². The molecule has 130 valence electrons. The highest BCUT2D eigenvalue weighted by Crippen LogP contribution is 2.36. The molecule has 0 aliphatic heterocycles. The van der Waals surface area contributed by atoms with Crippen LogP contribution in [0.2, 0.25) is 5.02 Å². The van der Waals surface area contributed by atoms with Gasteiger partial charge in [0.25, 0.3) is 0 Å². The molecule has 1 N–H and O–H groups in total. The van der Waals surface area contributed by atoms with Crippen LogP contribution >= 0.6 is 22.9 Å². The minimum absolute atomic E-state index is 0.302. The smallest absolute Gasteiger partial charge is 0.339 e. The summed E-state index contributed by atoms with van der Waals surface area (Å²) < 4.78 is 10.5. The van der Waals surface area contributed by atoms with Crippen LogP contribution in [0.3, 0.4) is 0 Å². The highest BCUT2D eigenvalue weighted by molar-refractivity contribution is 7.17. The fraction of sp³-hybridized carbons (Fsp3) is 0.235. The number of nitrogens with zero attached hydrogens (tertiary/aromatic N) is 2. The maximum Gasteiger partial charge on any atom is 0.339 e. The first kappa shape index (κ1) is 17.4. The van der Waals surface area contributed by atoms with E-state index in [4.69, 9.17) is 21.1 Å². The fourth-order valence-electron chi connectivity index (χ4n) is 2.39. The van der Waals surface area contributed by atoms with Crippen LogP contribution in [0.5, 0.6) is 5.75 Å². The summed E-state index contributed by atoms with van der Waals surface area (Å²) >= 11 is 7.52. The average Bonchev–Trinajstić information content (AvgIpc) is 3.03. The highest BCUT2D eigenvalue weighted by Gasteiger charge is 2.19. The quantitative estimate of drug-likeness (QED) is 0.656. The maximum atomic E-state index is 12.2. The molecule has 0 aliphatic carbocycles. The van der Waals surface area contributed by atoms with E-state index in [0.717, 1.165) is 5.56 Å². The van der Waals surface area contributed by atoms with E-state index in [1.807, 2.05) is 13.0 Å². The van der Waals surface area contributed by atoms with Crippen LogP contribution in [0.25, 0.3) is 10.2 Å². The van der Waals surface area contributed by atoms with Gasteiger partial charge in [-0.05, 0) is 25.5 Å². The summed E-state index contributed by atoms with van der Waals surface area (Å²) in [7, 11) is 1.57. The van der Waals surface area contributed by atoms with E-state index in [1.54, 1.807) is 25.5 Å². The van der Waals surface area contributed by atoms with Gasteiger partial charge in [-0.25, -0.2) is 14.8 Å². The normalized spacial score (nSPS) is 10.7. The van der Waals surface area contributed by atoms with Crippen molar-refractivity contribution in [3.05, 3.63) is 40.0 Å². The van der Waals surface area contributed by atoms with Gasteiger partial charge in [0.15, 0.2) is 0 Å². The van der Waals surface area contributed by atoms with Crippen LogP contribution in [0.15, 0.2) is 23.8 Å². The Kier molecular flexibility index (Phi) is 5.06. The topological polar surface area (TPSA) is 73.3 Å². The van der Waals surface area contributed by atoms with Crippen LogP contribution in [-0.2, 0) is 4.74 Å². The number of anilines is 2. The number of esters is 1. The minimum Gasteiger partial charge on any atom is -0.495 e. The van der Waals surface area contributed by atoms with E-state index in [1.165, 1.54) is 17.7 Å². The third kappa shape index (κ3) is 3.38. The molecule has 0 unspecified atom stereocenters. The summed E-state index contributed by atoms with van der Waals surface area (Å²) in [5.74, 6) is 0.690. The molecule has 0 saturated carbocycles. The molecule has 1 aromatic carbocycles. The number of carbonyl (C=O) groups is 1. The van der Waals surface area contributed by atoms with E-state index < -0.39 is 5.97 Å². The number of benzene rings is 1. The molecule has 0 atom stereocenters. The lowest BCUT2D eigenvalue weighted by Gasteiger charge is -2.13. The number of ether oxygens (including phenoxy) is 2. The van der Waals surface area contributed by atoms with Crippen molar-refractivity contribution in [1.82, 2.24) is 9.97 Å². The first-order chi connectivity index (χ1) is 12.0. The zero-order chi connectivity index (χ0) is 18.0. The Morgan fingerprint density at radius 3 is 2.88 bits per heavy atom. The molecule has 8 heteroatoms. The molecule has 0 fully saturated rings. The van der Waals surface area contributed by atoms with Gasteiger partial charge in [-0.1, -0.05) is 11.6 Å². The SMILES string of the molecule is CCOC(=O)c1csc2ncnc(Nc3cc(C)c(Cl)cc3OC)c12. The number of aromatic nitrogens is 2. The number of aryl methyl sites for hydroxylation is 1. The molecule has 25 heavy (non-hydrogen) atoms. The van der Waals surface area contributed by atoms with E-state index in [0.29, 0.717) is 44.7 Å². The van der Waals surface area contributed by atoms with Crippen molar-refractivity contribution in [3.8, 4) is 5.75 Å². The van der Waals surface area contributed by atoms with Gasteiger partial charge >= 0.3 is 5.97 Å². The Hall–Kier alpha value is -2.38. The van der Waals surface area contributed by atoms with Crippen LogP contribution in [0, 0.1) is 6.92 Å². The van der Waals surface area contributed by atoms with Gasteiger partial charge in [-0.3, -0.25) is 0 Å². The van der Waals surface area contributed by atoms with Gasteiger partial charge < -0.3 is 14.8 Å². The van der Waals surface area contributed by atoms with Gasteiger partial charge in [-0.2, -0.15) is 0 Å². The largest absolute Gasteiger partial charge is 0.495 e. The molecule has 2 aromatic heterocycles. The zero-order valence-corrected chi connectivity index (χ0v) is 15.5. The minimum atomic E-state index is -0.397. The molecule has 6 nitrogen and oxygen atoms in total. The lowest BCUT2D eigenvalue weighted by atomic mass is 10.2. The van der Waals surface area contributed by atoms with E-state index in [9.17, 15) is 4.79 Å². The molecule has 3 rings (SSSR count). The number of carbonyl (C=O) groups excluding carboxylic acids is 1. The van der Waals surface area contributed by atoms with Crippen molar-refractivity contribution >= 4 is 50.6 Å². The summed E-state index contributed by atoms with van der Waals surface area (Å²) in [6.07, 6.45) is 1.45. The highest BCUT2D eigenvalue weighted by atomic mass is 35.5. The third-order valence-corrected chi connectivity index (χ3v) is 4.89. The molecule has 0 aliphatic rings. The van der Waals surface area contributed by atoms with E-state index in [-0.39, 0.29) is 0 Å². The summed E-state index contributed by atoms with van der Waals surface area (Å²) in [5, 5.41) is 6.19. The summed E-state index contributed by atoms with van der Waals surface area (Å²) in [6.45, 7) is 3.97. The second kappa shape index (κ2) is 7.25. The molecule has 0 spiro atoms. The van der Waals surface area contributed by atoms with Crippen molar-refractivity contribution in [2.24, 2.45) is 0 Å². The average molecular weight is 378 g/mol. The summed E-state index contributed by atoms with van der Waals surface area (Å²) in [4.78, 5) is 21.4. The predicted molar refractivity (Wildman–Crippen MR) is 99.4 cm³/mol. The molecule has 0 radical (unpaired) electrons. The number of fused-ring (bicyclic) bond motifs is 1. The second-order valence-electron chi connectivity index (χ2n) is 5.20. The molecule has 0 amide bonds. The zero-order valence-electron chi connectivity index (χ0n) is 13.9. The van der Waals surface area contributed by atoms with E-state index >= 15 is 0 Å². The van der Waals surface area contributed by atoms with Crippen molar-refractivity contribution in [2.75, 3.05) is 19.0 Å². The maximum absolute atomic E-state index is 12.2. The monoisotopic (exact) mass is 377 g/mol. The summed E-state index contributed by atoms with van der Waals surface area (Å²) in [5.41, 5.74) is 2.03. The molecule has 3 aromatic rings. The number of hydrogen-bond donors (Lipinski definition) is 1. The predicted octanol–water partition coefficient (Wildman–Crippen LogP) is 4.58. The number of halogens is 1. The molecule has 0 bridgehead atoms. The van der Waals surface area contributed by atoms with Crippen LogP contribution in [0.1, 0.15) is 22.8 Å². The van der Waals surface area contributed by atoms with Crippen LogP contribution in [-0.4, -0.2) is 29.7 Å². The first-order valence-corrected chi connectivity index (χ1v) is 8.81. The molecule has 2 heterocycles. The number of rotatable bonds is 5. The summed E-state index contributed by atoms with van der Waals surface area (Å²) in [6, 6.07) is 3.60. The molecule has 0 saturated heterocycles. The Morgan fingerprint density at radius 1 is 1.36 bits per heavy atom. The Balaban J connectivity index is 2.09. The van der Waals surface area contributed by atoms with Gasteiger partial charge in [0, 0.05) is 16.5 Å². The van der Waals surface area contributed by atoms with Crippen LogP contribution < -0.4 is 10.1 Å². The Morgan fingerprint density at radius 2 is 2.16 bits per heavy atom. The number of methoxy groups -OCH3 is 1. The Labute approximate surface area is 153 Å². The number of nitrogens with one attached hydrogen (secondary N) is 1. The Bertz CT molecular complexity index is 942. The van der Waals surface area contributed by atoms with Gasteiger partial charge in [-0.15, -0.1) is 11.3 Å². The molecular formula is C17H16ClN3O3S. The first-order valence-electron chi connectivity index (χ1n) is 7.55.